The normalized spacial score (nSPS) is 10.1. The van der Waals surface area contributed by atoms with Gasteiger partial charge in [-0.15, -0.1) is 0 Å². The van der Waals surface area contributed by atoms with E-state index in [2.05, 4.69) is 0 Å². The minimum absolute atomic E-state index is 0.457. The van der Waals surface area contributed by atoms with Crippen molar-refractivity contribution < 1.29 is 4.74 Å². The molecule has 0 aliphatic rings. The van der Waals surface area contributed by atoms with Crippen molar-refractivity contribution in [2.75, 3.05) is 7.11 Å². The number of rotatable bonds is 2. The first kappa shape index (κ1) is 8.85. The van der Waals surface area contributed by atoms with Gasteiger partial charge in [-0.05, 0) is 12.1 Å². The van der Waals surface area contributed by atoms with Crippen LogP contribution in [0.3, 0.4) is 0 Å². The predicted octanol–water partition coefficient (Wildman–Crippen LogP) is 3.14. The molecule has 0 saturated carbocycles. The summed E-state index contributed by atoms with van der Waals surface area (Å²) in [7, 11) is 1.61. The fourth-order valence-corrected chi connectivity index (χ4v) is 1.32. The Morgan fingerprint density at radius 3 is 2.27 bits per heavy atom. The largest absolute Gasteiger partial charge is 0.380 e. The fourth-order valence-electron chi connectivity index (χ4n) is 0.815. The van der Waals surface area contributed by atoms with Gasteiger partial charge in [0.1, 0.15) is 0 Å². The fraction of sp³-hybridized carbons (Fsp3) is 0.250. The molecule has 1 aromatic carbocycles. The van der Waals surface area contributed by atoms with Crippen LogP contribution in [0.15, 0.2) is 18.2 Å². The van der Waals surface area contributed by atoms with E-state index in [9.17, 15) is 0 Å². The molecule has 0 spiro atoms. The summed E-state index contributed by atoms with van der Waals surface area (Å²) in [5, 5.41) is 1.30. The maximum atomic E-state index is 5.84. The third-order valence-corrected chi connectivity index (χ3v) is 2.06. The lowest BCUT2D eigenvalue weighted by Gasteiger charge is -2.03. The Balaban J connectivity index is 3.00. The topological polar surface area (TPSA) is 9.23 Å². The van der Waals surface area contributed by atoms with E-state index >= 15 is 0 Å². The van der Waals surface area contributed by atoms with Crippen LogP contribution >= 0.6 is 23.2 Å². The molecule has 0 aliphatic carbocycles. The molecular weight excluding hydrogens is 183 g/mol. The Bertz CT molecular complexity index is 228. The van der Waals surface area contributed by atoms with Crippen LogP contribution in [-0.4, -0.2) is 7.11 Å². The van der Waals surface area contributed by atoms with Crippen molar-refractivity contribution in [2.45, 2.75) is 6.61 Å². The lowest BCUT2D eigenvalue weighted by atomic mass is 10.2. The Kier molecular flexibility index (Phi) is 3.18. The molecule has 0 amide bonds. The van der Waals surface area contributed by atoms with Crippen molar-refractivity contribution in [2.24, 2.45) is 0 Å². The summed E-state index contributed by atoms with van der Waals surface area (Å²) in [5.41, 5.74) is 0.846. The maximum Gasteiger partial charge on any atom is 0.0742 e. The van der Waals surface area contributed by atoms with E-state index < -0.39 is 0 Å². The van der Waals surface area contributed by atoms with E-state index in [1.54, 1.807) is 19.2 Å². The molecule has 0 N–H and O–H groups in total. The molecule has 1 nitrogen and oxygen atoms in total. The van der Waals surface area contributed by atoms with Gasteiger partial charge in [-0.1, -0.05) is 29.3 Å². The number of benzene rings is 1. The summed E-state index contributed by atoms with van der Waals surface area (Å²) in [6.45, 7) is 0.457. The molecule has 3 heteroatoms. The van der Waals surface area contributed by atoms with Crippen LogP contribution < -0.4 is 0 Å². The van der Waals surface area contributed by atoms with Gasteiger partial charge < -0.3 is 4.74 Å². The molecule has 11 heavy (non-hydrogen) atoms. The average Bonchev–Trinajstić information content (AvgIpc) is 1.97. The molecule has 60 valence electrons. The van der Waals surface area contributed by atoms with Crippen molar-refractivity contribution >= 4 is 23.2 Å². The van der Waals surface area contributed by atoms with Gasteiger partial charge in [0, 0.05) is 22.7 Å². The first-order chi connectivity index (χ1) is 5.25. The van der Waals surface area contributed by atoms with E-state index in [0.29, 0.717) is 16.7 Å². The quantitative estimate of drug-likeness (QED) is 0.697. The van der Waals surface area contributed by atoms with Crippen molar-refractivity contribution in [1.29, 1.82) is 0 Å². The van der Waals surface area contributed by atoms with Crippen molar-refractivity contribution in [3.05, 3.63) is 33.8 Å². The van der Waals surface area contributed by atoms with Gasteiger partial charge in [-0.25, -0.2) is 0 Å². The third kappa shape index (κ3) is 2.09. The molecule has 1 rings (SSSR count). The van der Waals surface area contributed by atoms with Crippen LogP contribution in [0.5, 0.6) is 0 Å². The average molecular weight is 191 g/mol. The van der Waals surface area contributed by atoms with Crippen molar-refractivity contribution in [3.8, 4) is 0 Å². The summed E-state index contributed by atoms with van der Waals surface area (Å²) in [5.74, 6) is 0. The Labute approximate surface area is 75.9 Å². The maximum absolute atomic E-state index is 5.84. The molecule has 1 aromatic rings. The first-order valence-electron chi connectivity index (χ1n) is 3.17. The second-order valence-corrected chi connectivity index (χ2v) is 2.95. The van der Waals surface area contributed by atoms with Crippen LogP contribution in [0, 0.1) is 0 Å². The van der Waals surface area contributed by atoms with E-state index in [-0.39, 0.29) is 0 Å². The number of hydrogen-bond acceptors (Lipinski definition) is 1. The summed E-state index contributed by atoms with van der Waals surface area (Å²) >= 11 is 11.7. The van der Waals surface area contributed by atoms with Gasteiger partial charge in [0.15, 0.2) is 0 Å². The van der Waals surface area contributed by atoms with Crippen LogP contribution in [0.4, 0.5) is 0 Å². The summed E-state index contributed by atoms with van der Waals surface area (Å²) in [4.78, 5) is 0. The van der Waals surface area contributed by atoms with Gasteiger partial charge >= 0.3 is 0 Å². The van der Waals surface area contributed by atoms with Crippen LogP contribution in [0.1, 0.15) is 5.56 Å². The molecule has 0 unspecified atom stereocenters. The van der Waals surface area contributed by atoms with Gasteiger partial charge in [0.2, 0.25) is 0 Å². The molecule has 0 radical (unpaired) electrons. The van der Waals surface area contributed by atoms with E-state index in [1.165, 1.54) is 0 Å². The monoisotopic (exact) mass is 190 g/mol. The molecule has 0 saturated heterocycles. The zero-order chi connectivity index (χ0) is 8.27. The number of hydrogen-bond donors (Lipinski definition) is 0. The van der Waals surface area contributed by atoms with Crippen molar-refractivity contribution in [1.82, 2.24) is 0 Å². The second kappa shape index (κ2) is 3.96. The first-order valence-corrected chi connectivity index (χ1v) is 3.93. The molecule has 0 aliphatic heterocycles. The Morgan fingerprint density at radius 2 is 1.82 bits per heavy atom. The van der Waals surface area contributed by atoms with Gasteiger partial charge in [0.05, 0.1) is 6.61 Å². The highest BCUT2D eigenvalue weighted by Gasteiger charge is 2.03. The Morgan fingerprint density at radius 1 is 1.27 bits per heavy atom. The summed E-state index contributed by atoms with van der Waals surface area (Å²) < 4.78 is 4.92. The minimum Gasteiger partial charge on any atom is -0.380 e. The zero-order valence-electron chi connectivity index (χ0n) is 6.10. The molecule has 0 bridgehead atoms. The summed E-state index contributed by atoms with van der Waals surface area (Å²) in [6.07, 6.45) is 0. The van der Waals surface area contributed by atoms with Crippen LogP contribution in [0.2, 0.25) is 10.0 Å². The molecule has 0 heterocycles. The molecule has 0 atom stereocenters. The molecule has 0 aromatic heterocycles. The van der Waals surface area contributed by atoms with Gasteiger partial charge in [-0.2, -0.15) is 0 Å². The smallest absolute Gasteiger partial charge is 0.0742 e. The second-order valence-electron chi connectivity index (χ2n) is 2.13. The molecular formula is C8H8Cl2O. The zero-order valence-corrected chi connectivity index (χ0v) is 7.62. The van der Waals surface area contributed by atoms with Crippen LogP contribution in [0.25, 0.3) is 0 Å². The SMILES string of the molecule is COCc1c(Cl)cccc1Cl. The lowest BCUT2D eigenvalue weighted by Crippen LogP contribution is -1.89. The summed E-state index contributed by atoms with van der Waals surface area (Å²) in [6, 6.07) is 5.40. The minimum atomic E-state index is 0.457. The van der Waals surface area contributed by atoms with Gasteiger partial charge in [-0.3, -0.25) is 0 Å². The van der Waals surface area contributed by atoms with Crippen LogP contribution in [-0.2, 0) is 11.3 Å². The Hall–Kier alpha value is -0.240. The third-order valence-electron chi connectivity index (χ3n) is 1.35. The standard InChI is InChI=1S/C8H8Cl2O/c1-11-5-6-7(9)3-2-4-8(6)10/h2-4H,5H2,1H3. The van der Waals surface area contributed by atoms with E-state index in [1.807, 2.05) is 6.07 Å². The highest BCUT2D eigenvalue weighted by atomic mass is 35.5. The van der Waals surface area contributed by atoms with E-state index in [4.69, 9.17) is 27.9 Å². The van der Waals surface area contributed by atoms with E-state index in [0.717, 1.165) is 5.56 Å². The van der Waals surface area contributed by atoms with Crippen molar-refractivity contribution in [3.63, 3.8) is 0 Å². The number of halogens is 2. The van der Waals surface area contributed by atoms with Gasteiger partial charge in [0.25, 0.3) is 0 Å². The molecule has 0 fully saturated rings. The highest BCUT2D eigenvalue weighted by molar-refractivity contribution is 6.35. The number of ether oxygens (including phenoxy) is 1. The lowest BCUT2D eigenvalue weighted by molar-refractivity contribution is 0.185. The number of methoxy groups -OCH3 is 1. The highest BCUT2D eigenvalue weighted by Crippen LogP contribution is 2.24. The predicted molar refractivity (Wildman–Crippen MR) is 47.2 cm³/mol.